The van der Waals surface area contributed by atoms with Crippen LogP contribution >= 0.6 is 11.6 Å². The molecule has 7 heteroatoms. The summed E-state index contributed by atoms with van der Waals surface area (Å²) in [6.45, 7) is 3.80. The van der Waals surface area contributed by atoms with E-state index in [9.17, 15) is 4.79 Å². The van der Waals surface area contributed by atoms with Gasteiger partial charge in [-0.3, -0.25) is 9.80 Å². The second-order valence-corrected chi connectivity index (χ2v) is 11.0. The summed E-state index contributed by atoms with van der Waals surface area (Å²) >= 11 is 6.02. The minimum Gasteiger partial charge on any atom is -0.325 e. The van der Waals surface area contributed by atoms with Crippen LogP contribution in [0.1, 0.15) is 44.0 Å². The van der Waals surface area contributed by atoms with E-state index in [1.807, 2.05) is 47.4 Å². The number of fused-ring (bicyclic) bond motifs is 3. The van der Waals surface area contributed by atoms with Gasteiger partial charge in [0.05, 0.1) is 11.0 Å². The van der Waals surface area contributed by atoms with Gasteiger partial charge in [-0.2, -0.15) is 0 Å². The highest BCUT2D eigenvalue weighted by molar-refractivity contribution is 6.30. The molecule has 1 N–H and O–H groups in total. The van der Waals surface area contributed by atoms with Crippen molar-refractivity contribution in [3.8, 4) is 0 Å². The highest BCUT2D eigenvalue weighted by Crippen LogP contribution is 2.42. The number of piperidine rings is 1. The molecule has 2 saturated heterocycles. The number of urea groups is 1. The van der Waals surface area contributed by atoms with Gasteiger partial charge in [0.1, 0.15) is 5.82 Å². The molecule has 3 atom stereocenters. The maximum atomic E-state index is 13.3. The topological polar surface area (TPSA) is 53.4 Å². The zero-order valence-corrected chi connectivity index (χ0v) is 22.5. The normalized spacial score (nSPS) is 21.1. The second-order valence-electron chi connectivity index (χ2n) is 10.5. The molecule has 2 aliphatic rings. The third-order valence-corrected chi connectivity index (χ3v) is 8.46. The van der Waals surface area contributed by atoms with Crippen LogP contribution in [0, 0.1) is 6.92 Å². The average Bonchev–Trinajstić information content (AvgIpc) is 3.38. The molecule has 6 nitrogen and oxygen atoms in total. The van der Waals surface area contributed by atoms with Crippen molar-refractivity contribution in [2.75, 3.05) is 23.3 Å². The predicted octanol–water partition coefficient (Wildman–Crippen LogP) is 7.29. The van der Waals surface area contributed by atoms with Crippen molar-refractivity contribution >= 4 is 40.0 Å². The maximum Gasteiger partial charge on any atom is 0.326 e. The first-order valence-electron chi connectivity index (χ1n) is 13.7. The van der Waals surface area contributed by atoms with Crippen LogP contribution in [0.15, 0.2) is 78.9 Å². The molecule has 1 aromatic heterocycles. The highest BCUT2D eigenvalue weighted by Gasteiger charge is 2.41. The van der Waals surface area contributed by atoms with E-state index in [-0.39, 0.29) is 6.03 Å². The quantitative estimate of drug-likeness (QED) is 0.274. The molecule has 3 heterocycles. The predicted molar refractivity (Wildman–Crippen MR) is 155 cm³/mol. The minimum atomic E-state index is -0.123. The van der Waals surface area contributed by atoms with E-state index in [4.69, 9.17) is 16.6 Å². The number of nitrogens with zero attached hydrogens (tertiary/aromatic N) is 4. The van der Waals surface area contributed by atoms with Crippen molar-refractivity contribution in [3.05, 3.63) is 89.7 Å². The third kappa shape index (κ3) is 5.03. The van der Waals surface area contributed by atoms with E-state index >= 15 is 0 Å². The number of aryl methyl sites for hydroxylation is 1. The van der Waals surface area contributed by atoms with Gasteiger partial charge >= 0.3 is 6.03 Å². The molecule has 0 aliphatic carbocycles. The second kappa shape index (κ2) is 10.8. The van der Waals surface area contributed by atoms with E-state index in [2.05, 4.69) is 46.0 Å². The lowest BCUT2D eigenvalue weighted by Gasteiger charge is -2.40. The van der Waals surface area contributed by atoms with Gasteiger partial charge in [0.25, 0.3) is 0 Å². The lowest BCUT2D eigenvalue weighted by Crippen LogP contribution is -2.45. The van der Waals surface area contributed by atoms with Gasteiger partial charge in [0.2, 0.25) is 0 Å². The Morgan fingerprint density at radius 2 is 1.63 bits per heavy atom. The van der Waals surface area contributed by atoms with Crippen LogP contribution < -0.4 is 10.2 Å². The lowest BCUT2D eigenvalue weighted by molar-refractivity contribution is 0.107. The van der Waals surface area contributed by atoms with Gasteiger partial charge in [-0.25, -0.2) is 9.78 Å². The zero-order valence-electron chi connectivity index (χ0n) is 21.8. The van der Waals surface area contributed by atoms with Crippen molar-refractivity contribution in [2.45, 2.75) is 57.2 Å². The molecule has 38 heavy (non-hydrogen) atoms. The van der Waals surface area contributed by atoms with Crippen molar-refractivity contribution in [3.63, 3.8) is 0 Å². The SMILES string of the molecule is Cc1nc2ccccc2n1C1C[C@H]2CC[C@@H](C1)N2CCCN(C(=O)Nc1ccc(Cl)cc1)c1ccccc1. The van der Waals surface area contributed by atoms with E-state index in [1.54, 1.807) is 12.1 Å². The molecule has 2 bridgehead atoms. The van der Waals surface area contributed by atoms with Gasteiger partial charge in [0, 0.05) is 47.6 Å². The molecule has 6 rings (SSSR count). The molecular weight excluding hydrogens is 494 g/mol. The summed E-state index contributed by atoms with van der Waals surface area (Å²) in [5, 5.41) is 3.68. The Kier molecular flexibility index (Phi) is 7.09. The zero-order chi connectivity index (χ0) is 26.1. The number of anilines is 2. The molecular formula is C31H34ClN5O. The molecule has 0 saturated carbocycles. The fraction of sp³-hybridized carbons (Fsp3) is 0.355. The third-order valence-electron chi connectivity index (χ3n) is 8.20. The number of amides is 2. The van der Waals surface area contributed by atoms with Crippen molar-refractivity contribution in [1.29, 1.82) is 0 Å². The Bertz CT molecular complexity index is 1390. The Morgan fingerprint density at radius 1 is 0.947 bits per heavy atom. The first-order chi connectivity index (χ1) is 18.6. The standard InChI is InChI=1S/C31H34ClN5O/c1-22-33-29-10-5-6-11-30(29)37(22)28-20-26-16-17-27(21-28)35(26)18-7-19-36(25-8-3-2-4-9-25)31(38)34-24-14-12-23(32)13-15-24/h2-6,8-15,26-28H,7,16-21H2,1H3,(H,34,38)/t26-,27+,28?. The van der Waals surface area contributed by atoms with E-state index < -0.39 is 0 Å². The van der Waals surface area contributed by atoms with Crippen molar-refractivity contribution < 1.29 is 4.79 Å². The summed E-state index contributed by atoms with van der Waals surface area (Å²) in [6.07, 6.45) is 5.76. The molecule has 2 amide bonds. The van der Waals surface area contributed by atoms with Crippen LogP contribution in [0.2, 0.25) is 5.02 Å². The fourth-order valence-electron chi connectivity index (χ4n) is 6.54. The summed E-state index contributed by atoms with van der Waals surface area (Å²) in [5.74, 6) is 1.12. The molecule has 196 valence electrons. The van der Waals surface area contributed by atoms with Gasteiger partial charge in [-0.05, 0) is 87.6 Å². The summed E-state index contributed by atoms with van der Waals surface area (Å²) < 4.78 is 2.48. The maximum absolute atomic E-state index is 13.3. The number of halogens is 1. The van der Waals surface area contributed by atoms with E-state index in [0.717, 1.165) is 48.5 Å². The van der Waals surface area contributed by atoms with E-state index in [1.165, 1.54) is 18.4 Å². The summed E-state index contributed by atoms with van der Waals surface area (Å²) in [6, 6.07) is 27.2. The minimum absolute atomic E-state index is 0.123. The Balaban J connectivity index is 1.11. The van der Waals surface area contributed by atoms with Crippen LogP contribution in [-0.4, -0.2) is 45.7 Å². The number of para-hydroxylation sites is 3. The highest BCUT2D eigenvalue weighted by atomic mass is 35.5. The van der Waals surface area contributed by atoms with Crippen molar-refractivity contribution in [1.82, 2.24) is 14.5 Å². The number of nitrogens with one attached hydrogen (secondary N) is 1. The molecule has 1 unspecified atom stereocenters. The Morgan fingerprint density at radius 3 is 2.37 bits per heavy atom. The summed E-state index contributed by atoms with van der Waals surface area (Å²) in [4.78, 5) is 22.7. The van der Waals surface area contributed by atoms with E-state index in [0.29, 0.717) is 29.7 Å². The number of hydrogen-bond acceptors (Lipinski definition) is 3. The number of carbonyl (C=O) groups excluding carboxylic acids is 1. The van der Waals surface area contributed by atoms with Gasteiger partial charge in [0.15, 0.2) is 0 Å². The Hall–Kier alpha value is -3.35. The number of hydrogen-bond donors (Lipinski definition) is 1. The van der Waals surface area contributed by atoms with Crippen LogP contribution in [0.25, 0.3) is 11.0 Å². The largest absolute Gasteiger partial charge is 0.326 e. The Labute approximate surface area is 229 Å². The number of imidazole rings is 1. The number of rotatable bonds is 7. The number of carbonyl (C=O) groups is 1. The number of benzene rings is 3. The average molecular weight is 528 g/mol. The van der Waals surface area contributed by atoms with Crippen LogP contribution in [-0.2, 0) is 0 Å². The number of aromatic nitrogens is 2. The van der Waals surface area contributed by atoms with Gasteiger partial charge in [-0.15, -0.1) is 0 Å². The molecule has 2 fully saturated rings. The monoisotopic (exact) mass is 527 g/mol. The molecule has 4 aromatic rings. The summed E-state index contributed by atoms with van der Waals surface area (Å²) in [7, 11) is 0. The van der Waals surface area contributed by atoms with Crippen molar-refractivity contribution in [2.24, 2.45) is 0 Å². The van der Waals surface area contributed by atoms with Crippen LogP contribution in [0.4, 0.5) is 16.2 Å². The molecule has 2 aliphatic heterocycles. The van der Waals surface area contributed by atoms with Gasteiger partial charge in [-0.1, -0.05) is 41.9 Å². The first kappa shape index (κ1) is 25.0. The molecule has 0 spiro atoms. The lowest BCUT2D eigenvalue weighted by atomic mass is 9.96. The molecule has 0 radical (unpaired) electrons. The first-order valence-corrected chi connectivity index (χ1v) is 14.0. The molecule has 3 aromatic carbocycles. The fourth-order valence-corrected chi connectivity index (χ4v) is 6.66. The van der Waals surface area contributed by atoms with Crippen LogP contribution in [0.5, 0.6) is 0 Å². The smallest absolute Gasteiger partial charge is 0.325 e. The summed E-state index contributed by atoms with van der Waals surface area (Å²) in [5.41, 5.74) is 4.00. The van der Waals surface area contributed by atoms with Crippen LogP contribution in [0.3, 0.4) is 0 Å². The van der Waals surface area contributed by atoms with Gasteiger partial charge < -0.3 is 9.88 Å².